The Labute approximate surface area is 102 Å². The third kappa shape index (κ3) is 3.46. The number of hydrogen-bond acceptors (Lipinski definition) is 3. The first-order valence-corrected chi connectivity index (χ1v) is 5.59. The molecule has 2 N–H and O–H groups in total. The topological polar surface area (TPSA) is 55.6 Å². The molecule has 1 rings (SSSR count). The summed E-state index contributed by atoms with van der Waals surface area (Å²) in [7, 11) is 3.39. The molecule has 0 radical (unpaired) electrons. The largest absolute Gasteiger partial charge is 0.399 e. The van der Waals surface area contributed by atoms with E-state index >= 15 is 0 Å². The first-order chi connectivity index (χ1) is 7.95. The monoisotopic (exact) mass is 236 g/mol. The second-order valence-corrected chi connectivity index (χ2v) is 4.35. The third-order valence-corrected chi connectivity index (χ3v) is 2.74. The average Bonchev–Trinajstić information content (AvgIpc) is 2.26. The fourth-order valence-corrected chi connectivity index (χ4v) is 1.69. The van der Waals surface area contributed by atoms with Gasteiger partial charge in [0, 0.05) is 25.4 Å². The van der Waals surface area contributed by atoms with Crippen molar-refractivity contribution in [2.24, 2.45) is 0 Å². The Morgan fingerprint density at radius 2 is 2.12 bits per heavy atom. The molecule has 1 aromatic carbocycles. The van der Waals surface area contributed by atoms with Crippen molar-refractivity contribution in [1.29, 1.82) is 0 Å². The number of rotatable bonds is 4. The minimum atomic E-state index is -0.0371. The number of hydrogen-bond donors (Lipinski definition) is 1. The van der Waals surface area contributed by atoms with Crippen LogP contribution in [0, 0.1) is 6.92 Å². The van der Waals surface area contributed by atoms with E-state index in [1.165, 1.54) is 0 Å². The summed E-state index contributed by atoms with van der Waals surface area (Å²) in [5, 5.41) is 0. The highest BCUT2D eigenvalue weighted by Crippen LogP contribution is 2.14. The van der Waals surface area contributed by atoms with Gasteiger partial charge in [0.05, 0.1) is 12.6 Å². The second-order valence-electron chi connectivity index (χ2n) is 4.35. The normalized spacial score (nSPS) is 12.2. The number of nitrogens with two attached hydrogens (primary N) is 1. The van der Waals surface area contributed by atoms with Crippen LogP contribution in [0.25, 0.3) is 0 Å². The number of amides is 1. The van der Waals surface area contributed by atoms with E-state index in [4.69, 9.17) is 10.5 Å². The SMILES string of the molecule is COCC(C)N(C)C(=O)c1cc(C)cc(N)c1. The Balaban J connectivity index is 2.88. The molecule has 17 heavy (non-hydrogen) atoms. The Morgan fingerprint density at radius 1 is 1.47 bits per heavy atom. The van der Waals surface area contributed by atoms with E-state index in [-0.39, 0.29) is 11.9 Å². The van der Waals surface area contributed by atoms with Crippen molar-refractivity contribution in [3.8, 4) is 0 Å². The van der Waals surface area contributed by atoms with Crippen LogP contribution in [-0.4, -0.2) is 37.6 Å². The van der Waals surface area contributed by atoms with Crippen molar-refractivity contribution >= 4 is 11.6 Å². The summed E-state index contributed by atoms with van der Waals surface area (Å²) in [5.74, 6) is -0.0371. The van der Waals surface area contributed by atoms with Gasteiger partial charge in [-0.15, -0.1) is 0 Å². The predicted octanol–water partition coefficient (Wildman–Crippen LogP) is 1.68. The van der Waals surface area contributed by atoms with Crippen molar-refractivity contribution in [2.45, 2.75) is 19.9 Å². The maximum atomic E-state index is 12.2. The molecule has 0 saturated carbocycles. The van der Waals surface area contributed by atoms with Gasteiger partial charge in [0.1, 0.15) is 0 Å². The van der Waals surface area contributed by atoms with E-state index in [9.17, 15) is 4.79 Å². The van der Waals surface area contributed by atoms with E-state index in [0.29, 0.717) is 17.9 Å². The van der Waals surface area contributed by atoms with Crippen LogP contribution >= 0.6 is 0 Å². The van der Waals surface area contributed by atoms with Crippen LogP contribution in [0.15, 0.2) is 18.2 Å². The quantitative estimate of drug-likeness (QED) is 0.809. The number of nitrogen functional groups attached to an aromatic ring is 1. The van der Waals surface area contributed by atoms with Gasteiger partial charge in [-0.1, -0.05) is 0 Å². The number of nitrogens with zero attached hydrogens (tertiary/aromatic N) is 1. The molecule has 0 heterocycles. The summed E-state index contributed by atoms with van der Waals surface area (Å²) in [6.45, 7) is 4.38. The van der Waals surface area contributed by atoms with Gasteiger partial charge >= 0.3 is 0 Å². The summed E-state index contributed by atoms with van der Waals surface area (Å²) in [5.41, 5.74) is 7.95. The molecule has 1 unspecified atom stereocenters. The molecule has 1 aromatic rings. The molecule has 0 aromatic heterocycles. The van der Waals surface area contributed by atoms with E-state index in [1.54, 1.807) is 25.1 Å². The van der Waals surface area contributed by atoms with E-state index in [1.807, 2.05) is 26.0 Å². The first-order valence-electron chi connectivity index (χ1n) is 5.59. The van der Waals surface area contributed by atoms with Crippen LogP contribution < -0.4 is 5.73 Å². The average molecular weight is 236 g/mol. The van der Waals surface area contributed by atoms with Crippen LogP contribution in [0.4, 0.5) is 5.69 Å². The summed E-state index contributed by atoms with van der Waals surface area (Å²) in [6, 6.07) is 5.42. The highest BCUT2D eigenvalue weighted by molar-refractivity contribution is 5.95. The molecule has 1 atom stereocenters. The molecule has 0 aliphatic heterocycles. The molecule has 0 bridgehead atoms. The molecule has 0 spiro atoms. The molecule has 4 heteroatoms. The second kappa shape index (κ2) is 5.68. The van der Waals surface area contributed by atoms with E-state index < -0.39 is 0 Å². The fourth-order valence-electron chi connectivity index (χ4n) is 1.69. The first kappa shape index (κ1) is 13.5. The zero-order valence-corrected chi connectivity index (χ0v) is 10.9. The highest BCUT2D eigenvalue weighted by atomic mass is 16.5. The van der Waals surface area contributed by atoms with Crippen molar-refractivity contribution in [3.63, 3.8) is 0 Å². The number of benzene rings is 1. The van der Waals surface area contributed by atoms with E-state index in [0.717, 1.165) is 5.56 Å². The summed E-state index contributed by atoms with van der Waals surface area (Å²) >= 11 is 0. The van der Waals surface area contributed by atoms with Crippen molar-refractivity contribution in [1.82, 2.24) is 4.90 Å². The van der Waals surface area contributed by atoms with Gasteiger partial charge in [0.15, 0.2) is 0 Å². The molecule has 0 aliphatic rings. The maximum absolute atomic E-state index is 12.2. The van der Waals surface area contributed by atoms with Gasteiger partial charge in [-0.3, -0.25) is 4.79 Å². The molecular weight excluding hydrogens is 216 g/mol. The zero-order valence-electron chi connectivity index (χ0n) is 10.9. The molecule has 94 valence electrons. The minimum Gasteiger partial charge on any atom is -0.399 e. The van der Waals surface area contributed by atoms with Gasteiger partial charge < -0.3 is 15.4 Å². The number of aryl methyl sites for hydroxylation is 1. The number of methoxy groups -OCH3 is 1. The lowest BCUT2D eigenvalue weighted by Gasteiger charge is -2.24. The smallest absolute Gasteiger partial charge is 0.253 e. The zero-order chi connectivity index (χ0) is 13.0. The Hall–Kier alpha value is -1.55. The van der Waals surface area contributed by atoms with Crippen LogP contribution in [0.1, 0.15) is 22.8 Å². The van der Waals surface area contributed by atoms with Gasteiger partial charge in [-0.25, -0.2) is 0 Å². The number of carbonyl (C=O) groups is 1. The number of ether oxygens (including phenoxy) is 1. The van der Waals surface area contributed by atoms with E-state index in [2.05, 4.69) is 0 Å². The number of carbonyl (C=O) groups excluding carboxylic acids is 1. The van der Waals surface area contributed by atoms with Gasteiger partial charge in [-0.05, 0) is 37.6 Å². The van der Waals surface area contributed by atoms with Crippen LogP contribution in [0.3, 0.4) is 0 Å². The fraction of sp³-hybridized carbons (Fsp3) is 0.462. The molecular formula is C13H20N2O2. The van der Waals surface area contributed by atoms with Gasteiger partial charge in [0.2, 0.25) is 0 Å². The standard InChI is InChI=1S/C13H20N2O2/c1-9-5-11(7-12(14)6-9)13(16)15(3)10(2)8-17-4/h5-7,10H,8,14H2,1-4H3. The van der Waals surface area contributed by atoms with Crippen molar-refractivity contribution in [3.05, 3.63) is 29.3 Å². The highest BCUT2D eigenvalue weighted by Gasteiger charge is 2.17. The van der Waals surface area contributed by atoms with Gasteiger partial charge in [-0.2, -0.15) is 0 Å². The molecule has 0 fully saturated rings. The minimum absolute atomic E-state index is 0.0363. The number of anilines is 1. The van der Waals surface area contributed by atoms with Crippen LogP contribution in [0.5, 0.6) is 0 Å². The molecule has 1 amide bonds. The van der Waals surface area contributed by atoms with Crippen molar-refractivity contribution < 1.29 is 9.53 Å². The Kier molecular flexibility index (Phi) is 4.52. The number of likely N-dealkylation sites (N-methyl/N-ethyl adjacent to an activating group) is 1. The molecule has 0 aliphatic carbocycles. The predicted molar refractivity (Wildman–Crippen MR) is 69.0 cm³/mol. The molecule has 4 nitrogen and oxygen atoms in total. The van der Waals surface area contributed by atoms with Crippen molar-refractivity contribution in [2.75, 3.05) is 26.5 Å². The lowest BCUT2D eigenvalue weighted by molar-refractivity contribution is 0.0633. The summed E-state index contributed by atoms with van der Waals surface area (Å²) in [4.78, 5) is 13.8. The molecule has 0 saturated heterocycles. The Bertz CT molecular complexity index is 384. The Morgan fingerprint density at radius 3 is 2.65 bits per heavy atom. The third-order valence-electron chi connectivity index (χ3n) is 2.74. The van der Waals surface area contributed by atoms with Gasteiger partial charge in [0.25, 0.3) is 5.91 Å². The van der Waals surface area contributed by atoms with Crippen LogP contribution in [-0.2, 0) is 4.74 Å². The maximum Gasteiger partial charge on any atom is 0.253 e. The van der Waals surface area contributed by atoms with Crippen LogP contribution in [0.2, 0.25) is 0 Å². The summed E-state index contributed by atoms with van der Waals surface area (Å²) < 4.78 is 5.04. The lowest BCUT2D eigenvalue weighted by atomic mass is 10.1. The summed E-state index contributed by atoms with van der Waals surface area (Å²) in [6.07, 6.45) is 0. The lowest BCUT2D eigenvalue weighted by Crippen LogP contribution is -2.37.